The number of aromatic nitrogens is 1. The van der Waals surface area contributed by atoms with Crippen molar-refractivity contribution >= 4 is 22.7 Å². The van der Waals surface area contributed by atoms with E-state index in [1.165, 1.54) is 16.5 Å². The van der Waals surface area contributed by atoms with Crippen LogP contribution in [-0.4, -0.2) is 10.3 Å². The van der Waals surface area contributed by atoms with Gasteiger partial charge < -0.3 is 4.57 Å². The highest BCUT2D eigenvalue weighted by atomic mass is 32.2. The normalized spacial score (nSPS) is 17.6. The van der Waals surface area contributed by atoms with Gasteiger partial charge in [-0.1, -0.05) is 18.2 Å². The monoisotopic (exact) mass is 283 g/mol. The Kier molecular flexibility index (Phi) is 2.81. The van der Waals surface area contributed by atoms with Gasteiger partial charge in [0, 0.05) is 40.2 Å². The molecule has 2 aromatic carbocycles. The Morgan fingerprint density at radius 3 is 3.00 bits per heavy atom. The molecule has 2 heterocycles. The van der Waals surface area contributed by atoms with Crippen LogP contribution >= 0.6 is 11.8 Å². The molecule has 0 saturated heterocycles. The first-order chi connectivity index (χ1) is 9.81. The minimum Gasteiger partial charge on any atom is -0.347 e. The molecule has 100 valence electrons. The zero-order valence-electron chi connectivity index (χ0n) is 10.9. The molecule has 20 heavy (non-hydrogen) atoms. The van der Waals surface area contributed by atoms with Crippen molar-refractivity contribution in [1.82, 2.24) is 4.57 Å². The molecule has 1 aliphatic heterocycles. The van der Waals surface area contributed by atoms with Gasteiger partial charge in [0.25, 0.3) is 0 Å². The third-order valence-corrected chi connectivity index (χ3v) is 5.20. The fourth-order valence-electron chi connectivity index (χ4n) is 2.95. The highest BCUT2D eigenvalue weighted by Crippen LogP contribution is 2.40. The number of nitrogens with zero attached hydrogens (tertiary/aromatic N) is 1. The van der Waals surface area contributed by atoms with Crippen molar-refractivity contribution < 1.29 is 4.39 Å². The Morgan fingerprint density at radius 2 is 2.05 bits per heavy atom. The molecule has 0 bridgehead atoms. The van der Waals surface area contributed by atoms with E-state index in [-0.39, 0.29) is 5.82 Å². The summed E-state index contributed by atoms with van der Waals surface area (Å²) in [5, 5.41) is 0.976. The van der Waals surface area contributed by atoms with Gasteiger partial charge in [0.15, 0.2) is 0 Å². The summed E-state index contributed by atoms with van der Waals surface area (Å²) < 4.78 is 15.5. The van der Waals surface area contributed by atoms with E-state index in [2.05, 4.69) is 35.0 Å². The molecular formula is C17H14FNS. The van der Waals surface area contributed by atoms with Gasteiger partial charge in [0.1, 0.15) is 5.82 Å². The van der Waals surface area contributed by atoms with Crippen LogP contribution in [0.4, 0.5) is 4.39 Å². The average Bonchev–Trinajstić information content (AvgIpc) is 3.04. The first kappa shape index (κ1) is 12.0. The molecule has 1 atom stereocenters. The van der Waals surface area contributed by atoms with Gasteiger partial charge in [-0.3, -0.25) is 0 Å². The fourth-order valence-corrected chi connectivity index (χ4v) is 4.19. The van der Waals surface area contributed by atoms with Crippen LogP contribution in [0, 0.1) is 5.82 Å². The van der Waals surface area contributed by atoms with Crippen LogP contribution in [-0.2, 0) is 6.54 Å². The lowest BCUT2D eigenvalue weighted by atomic mass is 10.0. The van der Waals surface area contributed by atoms with Gasteiger partial charge >= 0.3 is 0 Å². The number of thioether (sulfide) groups is 1. The Hall–Kier alpha value is -1.74. The van der Waals surface area contributed by atoms with Gasteiger partial charge in [-0.05, 0) is 35.9 Å². The maximum atomic E-state index is 13.2. The predicted molar refractivity (Wildman–Crippen MR) is 81.8 cm³/mol. The topological polar surface area (TPSA) is 4.93 Å². The second-order valence-corrected chi connectivity index (χ2v) is 6.28. The van der Waals surface area contributed by atoms with Gasteiger partial charge in [0.2, 0.25) is 0 Å². The quantitative estimate of drug-likeness (QED) is 0.661. The van der Waals surface area contributed by atoms with E-state index in [0.717, 1.165) is 23.2 Å². The second kappa shape index (κ2) is 4.67. The molecule has 0 amide bonds. The number of fused-ring (bicyclic) bond motifs is 2. The molecule has 0 saturated carbocycles. The summed E-state index contributed by atoms with van der Waals surface area (Å²) in [6, 6.07) is 15.6. The Bertz CT molecular complexity index is 778. The molecule has 3 aromatic rings. The van der Waals surface area contributed by atoms with Crippen molar-refractivity contribution in [3.05, 3.63) is 66.1 Å². The van der Waals surface area contributed by atoms with Gasteiger partial charge in [-0.25, -0.2) is 4.39 Å². The summed E-state index contributed by atoms with van der Waals surface area (Å²) in [5.74, 6) is 1.49. The molecule has 1 unspecified atom stereocenters. The zero-order chi connectivity index (χ0) is 13.5. The van der Waals surface area contributed by atoms with E-state index in [4.69, 9.17) is 0 Å². The summed E-state index contributed by atoms with van der Waals surface area (Å²) in [6.07, 6.45) is 2.07. The number of rotatable bonds is 2. The van der Waals surface area contributed by atoms with Crippen LogP contribution in [0.3, 0.4) is 0 Å². The molecular weight excluding hydrogens is 269 g/mol. The molecule has 0 N–H and O–H groups in total. The molecule has 4 rings (SSSR count). The fraction of sp³-hybridized carbons (Fsp3) is 0.176. The van der Waals surface area contributed by atoms with Crippen LogP contribution in [0.5, 0.6) is 0 Å². The van der Waals surface area contributed by atoms with E-state index in [1.807, 2.05) is 23.9 Å². The van der Waals surface area contributed by atoms with Crippen molar-refractivity contribution in [1.29, 1.82) is 0 Å². The molecule has 1 aromatic heterocycles. The van der Waals surface area contributed by atoms with Crippen LogP contribution < -0.4 is 0 Å². The lowest BCUT2D eigenvalue weighted by molar-refractivity contribution is 0.619. The summed E-state index contributed by atoms with van der Waals surface area (Å²) in [6.45, 7) is 0.957. The molecule has 3 heteroatoms. The van der Waals surface area contributed by atoms with Crippen molar-refractivity contribution in [2.75, 3.05) is 5.75 Å². The van der Waals surface area contributed by atoms with Gasteiger partial charge in [0.05, 0.1) is 0 Å². The highest BCUT2D eigenvalue weighted by molar-refractivity contribution is 7.99. The second-order valence-electron chi connectivity index (χ2n) is 5.22. The summed E-state index contributed by atoms with van der Waals surface area (Å²) in [5.41, 5.74) is 2.56. The Morgan fingerprint density at radius 1 is 1.15 bits per heavy atom. The maximum Gasteiger partial charge on any atom is 0.123 e. The molecule has 0 fully saturated rings. The lowest BCUT2D eigenvalue weighted by Crippen LogP contribution is -2.07. The van der Waals surface area contributed by atoms with E-state index in [9.17, 15) is 4.39 Å². The molecule has 1 aliphatic rings. The largest absolute Gasteiger partial charge is 0.347 e. The Balaban J connectivity index is 1.69. The SMILES string of the molecule is Fc1ccc2c(ccn2CC2CSc3ccccc32)c1. The number of hydrogen-bond donors (Lipinski definition) is 0. The predicted octanol–water partition coefficient (Wildman–Crippen LogP) is 4.67. The molecule has 0 spiro atoms. The standard InChI is InChI=1S/C17H14FNS/c18-14-5-6-16-12(9-14)7-8-19(16)10-13-11-20-17-4-2-1-3-15(13)17/h1-9,13H,10-11H2. The number of halogens is 1. The van der Waals surface area contributed by atoms with E-state index in [0.29, 0.717) is 5.92 Å². The minimum absolute atomic E-state index is 0.169. The number of hydrogen-bond acceptors (Lipinski definition) is 1. The van der Waals surface area contributed by atoms with E-state index >= 15 is 0 Å². The van der Waals surface area contributed by atoms with Crippen LogP contribution in [0.15, 0.2) is 59.6 Å². The van der Waals surface area contributed by atoms with E-state index < -0.39 is 0 Å². The zero-order valence-corrected chi connectivity index (χ0v) is 11.7. The van der Waals surface area contributed by atoms with E-state index in [1.54, 1.807) is 6.07 Å². The third-order valence-electron chi connectivity index (χ3n) is 3.95. The minimum atomic E-state index is -0.169. The maximum absolute atomic E-state index is 13.2. The van der Waals surface area contributed by atoms with Gasteiger partial charge in [-0.2, -0.15) is 0 Å². The van der Waals surface area contributed by atoms with Crippen molar-refractivity contribution in [3.8, 4) is 0 Å². The molecule has 1 nitrogen and oxygen atoms in total. The van der Waals surface area contributed by atoms with Gasteiger partial charge in [-0.15, -0.1) is 11.8 Å². The molecule has 0 radical (unpaired) electrons. The summed E-state index contributed by atoms with van der Waals surface area (Å²) >= 11 is 1.93. The number of benzene rings is 2. The average molecular weight is 283 g/mol. The third kappa shape index (κ3) is 1.93. The smallest absolute Gasteiger partial charge is 0.123 e. The van der Waals surface area contributed by atoms with Crippen LogP contribution in [0.25, 0.3) is 10.9 Å². The first-order valence-electron chi connectivity index (χ1n) is 6.77. The summed E-state index contributed by atoms with van der Waals surface area (Å²) in [7, 11) is 0. The van der Waals surface area contributed by atoms with Crippen LogP contribution in [0.1, 0.15) is 11.5 Å². The highest BCUT2D eigenvalue weighted by Gasteiger charge is 2.23. The Labute approximate surface area is 121 Å². The molecule has 0 aliphatic carbocycles. The lowest BCUT2D eigenvalue weighted by Gasteiger charge is -2.13. The summed E-state index contributed by atoms with van der Waals surface area (Å²) in [4.78, 5) is 1.40. The van der Waals surface area contributed by atoms with Crippen molar-refractivity contribution in [3.63, 3.8) is 0 Å². The van der Waals surface area contributed by atoms with Crippen molar-refractivity contribution in [2.24, 2.45) is 0 Å². The first-order valence-corrected chi connectivity index (χ1v) is 7.76. The van der Waals surface area contributed by atoms with Crippen LogP contribution in [0.2, 0.25) is 0 Å². The van der Waals surface area contributed by atoms with Crippen molar-refractivity contribution in [2.45, 2.75) is 17.4 Å².